The van der Waals surface area contributed by atoms with E-state index in [4.69, 9.17) is 21.7 Å². The highest BCUT2D eigenvalue weighted by molar-refractivity contribution is 7.71. The fourth-order valence-electron chi connectivity index (χ4n) is 4.67. The molecule has 5 rings (SSSR count). The molecule has 2 saturated heterocycles. The Morgan fingerprint density at radius 2 is 1.25 bits per heavy atom. The second-order valence-corrected chi connectivity index (χ2v) is 17.0. The van der Waals surface area contributed by atoms with E-state index in [2.05, 4.69) is 41.9 Å². The molecule has 0 radical (unpaired) electrons. The minimum Gasteiger partial charge on any atom is -0.387 e. The standard InChI is InChI=1S/C19H26N6O21P4S/c26-11-7(42-17(13(11)28)24-2-1-9(51)23-19(24)31)3-40-47(32,33)44-49(36,37)46-50(38,39)45-48(34,35)41-4-8-12(27)14(29)18(43-8)25-6-22-10-15(25)20-5-21-16(10)30/h1-2,5-8,11-14,17-18,26-29H,3-4H2,(H,32,33)(H,34,35)(H,36,37)(H,38,39)(H,20,21,30)(H,23,31,51)/t7-,8-,11-,12-,13-,14-,17-,18-/m1/s1. The summed E-state index contributed by atoms with van der Waals surface area (Å²) in [7, 11) is -24.0. The number of fused-ring (bicyclic) bond motifs is 1. The van der Waals surface area contributed by atoms with Crippen molar-refractivity contribution >= 4 is 54.7 Å². The third kappa shape index (κ3) is 9.29. The molecule has 51 heavy (non-hydrogen) atoms. The largest absolute Gasteiger partial charge is 0.490 e. The first-order chi connectivity index (χ1) is 23.6. The number of phosphoric ester groups is 2. The number of rotatable bonds is 14. The molecule has 2 aliphatic rings. The molecule has 2 aliphatic heterocycles. The number of hydrogen-bond donors (Lipinski definition) is 10. The Morgan fingerprint density at radius 1 is 0.765 bits per heavy atom. The van der Waals surface area contributed by atoms with E-state index in [9.17, 15) is 67.8 Å². The van der Waals surface area contributed by atoms with Crippen molar-refractivity contribution in [2.75, 3.05) is 13.2 Å². The fourth-order valence-corrected chi connectivity index (χ4v) is 9.77. The predicted octanol–water partition coefficient (Wildman–Crippen LogP) is -2.24. The highest BCUT2D eigenvalue weighted by atomic mass is 32.1. The highest BCUT2D eigenvalue weighted by Gasteiger charge is 2.50. The summed E-state index contributed by atoms with van der Waals surface area (Å²) in [5.41, 5.74) is -1.75. The van der Waals surface area contributed by atoms with E-state index < -0.39 is 105 Å². The summed E-state index contributed by atoms with van der Waals surface area (Å²) in [5.74, 6) is 0. The van der Waals surface area contributed by atoms with Gasteiger partial charge in [-0.05, 0) is 6.07 Å². The summed E-state index contributed by atoms with van der Waals surface area (Å²) in [4.78, 5) is 75.5. The summed E-state index contributed by atoms with van der Waals surface area (Å²) in [5, 5.41) is 41.3. The van der Waals surface area contributed by atoms with Crippen LogP contribution in [-0.2, 0) is 49.7 Å². The average Bonchev–Trinajstić information content (AvgIpc) is 3.64. The first-order valence-corrected chi connectivity index (χ1v) is 20.0. The van der Waals surface area contributed by atoms with Crippen LogP contribution in [0, 0.1) is 4.64 Å². The number of nitrogens with one attached hydrogen (secondary N) is 2. The van der Waals surface area contributed by atoms with E-state index in [-0.39, 0.29) is 15.8 Å². The zero-order valence-electron chi connectivity index (χ0n) is 24.7. The van der Waals surface area contributed by atoms with Crippen molar-refractivity contribution in [1.29, 1.82) is 0 Å². The van der Waals surface area contributed by atoms with Crippen LogP contribution in [0.5, 0.6) is 0 Å². The van der Waals surface area contributed by atoms with Crippen molar-refractivity contribution in [2.24, 2.45) is 0 Å². The van der Waals surface area contributed by atoms with Crippen LogP contribution in [0.3, 0.4) is 0 Å². The van der Waals surface area contributed by atoms with E-state index in [1.54, 1.807) is 0 Å². The molecule has 0 aliphatic carbocycles. The van der Waals surface area contributed by atoms with Crippen LogP contribution in [0.2, 0.25) is 0 Å². The van der Waals surface area contributed by atoms with Gasteiger partial charge in [-0.25, -0.2) is 33.0 Å². The summed E-state index contributed by atoms with van der Waals surface area (Å²) >= 11 is 4.79. The Labute approximate surface area is 286 Å². The van der Waals surface area contributed by atoms with Gasteiger partial charge in [0.25, 0.3) is 5.56 Å². The smallest absolute Gasteiger partial charge is 0.387 e. The molecule has 5 heterocycles. The minimum atomic E-state index is -6.21. The van der Waals surface area contributed by atoms with E-state index in [0.717, 1.165) is 28.0 Å². The molecule has 0 amide bonds. The van der Waals surface area contributed by atoms with Gasteiger partial charge in [0.15, 0.2) is 23.6 Å². The van der Waals surface area contributed by atoms with Crippen molar-refractivity contribution < 1.29 is 89.7 Å². The van der Waals surface area contributed by atoms with Crippen LogP contribution in [-0.4, -0.2) is 119 Å². The normalized spacial score (nSPS) is 31.5. The van der Waals surface area contributed by atoms with Gasteiger partial charge in [-0.2, -0.15) is 12.9 Å². The molecule has 4 unspecified atom stereocenters. The average molecular weight is 830 g/mol. The van der Waals surface area contributed by atoms with Gasteiger partial charge in [-0.1, -0.05) is 12.2 Å². The zero-order chi connectivity index (χ0) is 37.7. The van der Waals surface area contributed by atoms with E-state index >= 15 is 0 Å². The number of hydrogen-bond acceptors (Lipinski definition) is 20. The van der Waals surface area contributed by atoms with E-state index in [0.29, 0.717) is 0 Å². The molecular formula is C19H26N6O21P4S. The lowest BCUT2D eigenvalue weighted by atomic mass is 10.1. The molecule has 0 spiro atoms. The van der Waals surface area contributed by atoms with Gasteiger partial charge in [-0.15, -0.1) is 0 Å². The molecule has 284 valence electrons. The number of nitrogens with zero attached hydrogens (tertiary/aromatic N) is 4. The highest BCUT2D eigenvalue weighted by Crippen LogP contribution is 2.71. The maximum absolute atomic E-state index is 12.3. The van der Waals surface area contributed by atoms with Crippen molar-refractivity contribution in [2.45, 2.75) is 49.1 Å². The molecule has 27 nitrogen and oxygen atoms in total. The van der Waals surface area contributed by atoms with Gasteiger partial charge in [0.05, 0.1) is 25.9 Å². The summed E-state index contributed by atoms with van der Waals surface area (Å²) < 4.78 is 82.1. The number of ether oxygens (including phenoxy) is 2. The first kappa shape index (κ1) is 40.0. The molecular weight excluding hydrogens is 804 g/mol. The van der Waals surface area contributed by atoms with Crippen LogP contribution < -0.4 is 11.2 Å². The van der Waals surface area contributed by atoms with Gasteiger partial charge in [0.1, 0.15) is 41.3 Å². The lowest BCUT2D eigenvalue weighted by molar-refractivity contribution is -0.0542. The molecule has 10 N–H and O–H groups in total. The van der Waals surface area contributed by atoms with Gasteiger partial charge >= 0.3 is 37.0 Å². The number of aliphatic hydroxyl groups is 4. The van der Waals surface area contributed by atoms with Gasteiger partial charge < -0.3 is 54.5 Å². The second-order valence-electron chi connectivity index (χ2n) is 10.4. The SMILES string of the molecule is O=c1[nH]cnc2c1ncn2[C@@H]1O[C@H](COP(=O)(O)OP(=O)(O)OP(=O)(O)OP(=O)(O)OC[C@H]2O[C@@H](n3ccc(=S)[nH]c3=O)[C@H](O)[C@@H]2O)[C@@H](O)[C@H]1O. The van der Waals surface area contributed by atoms with Gasteiger partial charge in [-0.3, -0.25) is 28.0 Å². The van der Waals surface area contributed by atoms with Crippen LogP contribution in [0.25, 0.3) is 11.2 Å². The number of imidazole rings is 1. The van der Waals surface area contributed by atoms with Crippen molar-refractivity contribution in [1.82, 2.24) is 29.1 Å². The molecule has 2 fully saturated rings. The Hall–Kier alpha value is -2.23. The first-order valence-electron chi connectivity index (χ1n) is 13.6. The van der Waals surface area contributed by atoms with E-state index in [1.807, 2.05) is 0 Å². The minimum absolute atomic E-state index is 0.0261. The lowest BCUT2D eigenvalue weighted by Gasteiger charge is -2.21. The molecule has 12 atom stereocenters. The maximum atomic E-state index is 12.3. The second kappa shape index (κ2) is 14.9. The van der Waals surface area contributed by atoms with Gasteiger partial charge in [0.2, 0.25) is 0 Å². The van der Waals surface area contributed by atoms with E-state index in [1.165, 1.54) is 6.07 Å². The summed E-state index contributed by atoms with van der Waals surface area (Å²) in [6, 6.07) is 1.24. The molecule has 3 aromatic rings. The summed E-state index contributed by atoms with van der Waals surface area (Å²) in [6.45, 7) is -2.31. The topological polar surface area (TPSA) is 396 Å². The Morgan fingerprint density at radius 3 is 1.76 bits per heavy atom. The Bertz CT molecular complexity index is 2140. The number of aliphatic hydroxyl groups excluding tert-OH is 4. The number of H-pyrrole nitrogens is 2. The quantitative estimate of drug-likeness (QED) is 0.0606. The number of aromatic amines is 2. The summed E-state index contributed by atoms with van der Waals surface area (Å²) in [6.07, 6.45) is -10.5. The van der Waals surface area contributed by atoms with Crippen LogP contribution in [0.15, 0.2) is 34.5 Å². The zero-order valence-corrected chi connectivity index (χ0v) is 29.1. The van der Waals surface area contributed by atoms with Crippen LogP contribution >= 0.6 is 43.5 Å². The lowest BCUT2D eigenvalue weighted by Crippen LogP contribution is -2.36. The van der Waals surface area contributed by atoms with Crippen LogP contribution in [0.1, 0.15) is 12.5 Å². The third-order valence-electron chi connectivity index (χ3n) is 6.86. The van der Waals surface area contributed by atoms with Crippen molar-refractivity contribution in [3.05, 3.63) is 50.4 Å². The number of aromatic nitrogens is 6. The monoisotopic (exact) mass is 830 g/mol. The molecule has 0 aromatic carbocycles. The van der Waals surface area contributed by atoms with Gasteiger partial charge in [0, 0.05) is 6.20 Å². The predicted molar refractivity (Wildman–Crippen MR) is 160 cm³/mol. The van der Waals surface area contributed by atoms with Crippen LogP contribution in [0.4, 0.5) is 0 Å². The fraction of sp³-hybridized carbons (Fsp3) is 0.526. The Kier molecular flexibility index (Phi) is 11.7. The third-order valence-corrected chi connectivity index (χ3v) is 13.0. The maximum Gasteiger partial charge on any atom is 0.490 e. The molecule has 0 saturated carbocycles. The Balaban J connectivity index is 1.14. The van der Waals surface area contributed by atoms with Crippen molar-refractivity contribution in [3.63, 3.8) is 0 Å². The molecule has 0 bridgehead atoms. The molecule has 3 aromatic heterocycles. The molecule has 32 heteroatoms. The number of phosphoric acid groups is 4. The van der Waals surface area contributed by atoms with Crippen molar-refractivity contribution in [3.8, 4) is 0 Å².